The number of carbonyl (C=O) groups excluding carboxylic acids is 1. The highest BCUT2D eigenvalue weighted by Crippen LogP contribution is 2.25. The molecule has 0 aliphatic rings. The summed E-state index contributed by atoms with van der Waals surface area (Å²) in [5.74, 6) is 1.04. The molecular formula is C20H23NO3. The van der Waals surface area contributed by atoms with Crippen LogP contribution in [0.3, 0.4) is 0 Å². The molecule has 4 nitrogen and oxygen atoms in total. The smallest absolute Gasteiger partial charge is 0.189 e. The molecule has 0 unspecified atom stereocenters. The van der Waals surface area contributed by atoms with Gasteiger partial charge in [0.15, 0.2) is 5.78 Å². The maximum Gasteiger partial charge on any atom is 0.189 e. The van der Waals surface area contributed by atoms with Gasteiger partial charge < -0.3 is 14.4 Å². The van der Waals surface area contributed by atoms with Crippen LogP contribution in [-0.4, -0.2) is 39.0 Å². The van der Waals surface area contributed by atoms with Crippen LogP contribution >= 0.6 is 0 Å². The largest absolute Gasteiger partial charge is 0.497 e. The van der Waals surface area contributed by atoms with E-state index in [-0.39, 0.29) is 5.78 Å². The van der Waals surface area contributed by atoms with Crippen molar-refractivity contribution in [1.29, 1.82) is 0 Å². The normalized spacial score (nSPS) is 11.0. The molecule has 126 valence electrons. The molecule has 0 N–H and O–H groups in total. The van der Waals surface area contributed by atoms with Gasteiger partial charge >= 0.3 is 0 Å². The standard InChI is InChI=1S/C20H23NO3/c1-21(2)14-16-7-5-15(6-8-16)9-11-19(22)18-13-17(23-3)10-12-20(18)24-4/h5-13H,14H2,1-4H3. The Morgan fingerprint density at radius 2 is 1.75 bits per heavy atom. The van der Waals surface area contributed by atoms with E-state index in [0.29, 0.717) is 17.1 Å². The first-order valence-electron chi connectivity index (χ1n) is 7.71. The third-order valence-corrected chi connectivity index (χ3v) is 3.58. The van der Waals surface area contributed by atoms with Crippen LogP contribution in [0, 0.1) is 0 Å². The molecule has 0 amide bonds. The zero-order chi connectivity index (χ0) is 17.5. The Hall–Kier alpha value is -2.59. The van der Waals surface area contributed by atoms with Crippen molar-refractivity contribution in [1.82, 2.24) is 4.90 Å². The number of hydrogen-bond donors (Lipinski definition) is 0. The molecule has 0 aliphatic carbocycles. The van der Waals surface area contributed by atoms with Crippen LogP contribution in [0.4, 0.5) is 0 Å². The number of allylic oxidation sites excluding steroid dienone is 1. The van der Waals surface area contributed by atoms with E-state index in [1.54, 1.807) is 44.6 Å². The van der Waals surface area contributed by atoms with E-state index < -0.39 is 0 Å². The lowest BCUT2D eigenvalue weighted by molar-refractivity contribution is 0.104. The minimum absolute atomic E-state index is 0.122. The zero-order valence-corrected chi connectivity index (χ0v) is 14.6. The van der Waals surface area contributed by atoms with E-state index in [2.05, 4.69) is 17.0 Å². The minimum atomic E-state index is -0.122. The first kappa shape index (κ1) is 17.8. The van der Waals surface area contributed by atoms with Gasteiger partial charge in [-0.1, -0.05) is 30.3 Å². The number of ether oxygens (including phenoxy) is 2. The van der Waals surface area contributed by atoms with Gasteiger partial charge in [0.2, 0.25) is 0 Å². The van der Waals surface area contributed by atoms with E-state index in [1.165, 1.54) is 5.56 Å². The molecule has 2 aromatic rings. The number of benzene rings is 2. The maximum absolute atomic E-state index is 12.4. The number of nitrogens with zero attached hydrogens (tertiary/aromatic N) is 1. The second-order valence-electron chi connectivity index (χ2n) is 5.74. The summed E-state index contributed by atoms with van der Waals surface area (Å²) < 4.78 is 10.4. The fourth-order valence-corrected chi connectivity index (χ4v) is 2.37. The van der Waals surface area contributed by atoms with Gasteiger partial charge in [0, 0.05) is 6.54 Å². The molecule has 0 radical (unpaired) electrons. The second-order valence-corrected chi connectivity index (χ2v) is 5.74. The van der Waals surface area contributed by atoms with Crippen LogP contribution < -0.4 is 9.47 Å². The van der Waals surface area contributed by atoms with E-state index in [0.717, 1.165) is 12.1 Å². The van der Waals surface area contributed by atoms with Crippen LogP contribution in [0.15, 0.2) is 48.5 Å². The first-order chi connectivity index (χ1) is 11.5. The summed E-state index contributed by atoms with van der Waals surface area (Å²) in [7, 11) is 7.19. The molecule has 0 heterocycles. The molecule has 2 aromatic carbocycles. The molecule has 0 saturated carbocycles. The third-order valence-electron chi connectivity index (χ3n) is 3.58. The third kappa shape index (κ3) is 4.70. The Balaban J connectivity index is 2.15. The number of hydrogen-bond acceptors (Lipinski definition) is 4. The van der Waals surface area contributed by atoms with Crippen LogP contribution in [0.1, 0.15) is 21.5 Å². The second kappa shape index (κ2) is 8.31. The van der Waals surface area contributed by atoms with Crippen LogP contribution in [0.25, 0.3) is 6.08 Å². The quantitative estimate of drug-likeness (QED) is 0.575. The SMILES string of the molecule is COc1ccc(OC)c(C(=O)C=Cc2ccc(CN(C)C)cc2)c1. The lowest BCUT2D eigenvalue weighted by Gasteiger charge is -2.09. The Labute approximate surface area is 143 Å². The van der Waals surface area contributed by atoms with Crippen molar-refractivity contribution in [3.63, 3.8) is 0 Å². The lowest BCUT2D eigenvalue weighted by Crippen LogP contribution is -2.10. The van der Waals surface area contributed by atoms with Crippen molar-refractivity contribution in [2.24, 2.45) is 0 Å². The molecule has 0 bridgehead atoms. The number of methoxy groups -OCH3 is 2. The molecule has 0 aliphatic heterocycles. The molecule has 0 aromatic heterocycles. The Morgan fingerprint density at radius 1 is 1.04 bits per heavy atom. The van der Waals surface area contributed by atoms with E-state index in [1.807, 2.05) is 26.2 Å². The van der Waals surface area contributed by atoms with Gasteiger partial charge in [0.25, 0.3) is 0 Å². The average Bonchev–Trinajstić information content (AvgIpc) is 2.59. The monoisotopic (exact) mass is 325 g/mol. The maximum atomic E-state index is 12.4. The van der Waals surface area contributed by atoms with Crippen molar-refractivity contribution >= 4 is 11.9 Å². The average molecular weight is 325 g/mol. The van der Waals surface area contributed by atoms with Crippen molar-refractivity contribution in [2.75, 3.05) is 28.3 Å². The van der Waals surface area contributed by atoms with E-state index in [4.69, 9.17) is 9.47 Å². The topological polar surface area (TPSA) is 38.8 Å². The zero-order valence-electron chi connectivity index (χ0n) is 14.6. The highest BCUT2D eigenvalue weighted by atomic mass is 16.5. The van der Waals surface area contributed by atoms with Crippen molar-refractivity contribution < 1.29 is 14.3 Å². The summed E-state index contributed by atoms with van der Waals surface area (Å²) in [6.45, 7) is 0.893. The molecule has 0 spiro atoms. The molecule has 0 fully saturated rings. The summed E-state index contributed by atoms with van der Waals surface area (Å²) in [5, 5.41) is 0. The van der Waals surface area contributed by atoms with Crippen LogP contribution in [0.2, 0.25) is 0 Å². The fourth-order valence-electron chi connectivity index (χ4n) is 2.37. The Morgan fingerprint density at radius 3 is 2.33 bits per heavy atom. The summed E-state index contributed by atoms with van der Waals surface area (Å²) in [6, 6.07) is 13.3. The molecule has 24 heavy (non-hydrogen) atoms. The van der Waals surface area contributed by atoms with Gasteiger partial charge in [-0.3, -0.25) is 4.79 Å². The van der Waals surface area contributed by atoms with Gasteiger partial charge in [0.1, 0.15) is 11.5 Å². The first-order valence-corrected chi connectivity index (χ1v) is 7.71. The van der Waals surface area contributed by atoms with Crippen molar-refractivity contribution in [3.8, 4) is 11.5 Å². The van der Waals surface area contributed by atoms with Gasteiger partial charge in [-0.2, -0.15) is 0 Å². The minimum Gasteiger partial charge on any atom is -0.497 e. The molecule has 4 heteroatoms. The number of carbonyl (C=O) groups is 1. The van der Waals surface area contributed by atoms with Gasteiger partial charge in [-0.25, -0.2) is 0 Å². The van der Waals surface area contributed by atoms with Crippen molar-refractivity contribution in [2.45, 2.75) is 6.54 Å². The van der Waals surface area contributed by atoms with Crippen LogP contribution in [-0.2, 0) is 6.54 Å². The Bertz CT molecular complexity index is 718. The summed E-state index contributed by atoms with van der Waals surface area (Å²) in [5.41, 5.74) is 2.70. The van der Waals surface area contributed by atoms with Crippen LogP contribution in [0.5, 0.6) is 11.5 Å². The Kier molecular flexibility index (Phi) is 6.15. The lowest BCUT2D eigenvalue weighted by atomic mass is 10.1. The van der Waals surface area contributed by atoms with Gasteiger partial charge in [-0.05, 0) is 49.5 Å². The number of rotatable bonds is 7. The van der Waals surface area contributed by atoms with E-state index in [9.17, 15) is 4.79 Å². The van der Waals surface area contributed by atoms with Gasteiger partial charge in [-0.15, -0.1) is 0 Å². The number of ketones is 1. The predicted octanol–water partition coefficient (Wildman–Crippen LogP) is 3.66. The summed E-state index contributed by atoms with van der Waals surface area (Å²) in [6.07, 6.45) is 3.36. The summed E-state index contributed by atoms with van der Waals surface area (Å²) >= 11 is 0. The van der Waals surface area contributed by atoms with E-state index >= 15 is 0 Å². The highest BCUT2D eigenvalue weighted by molar-refractivity contribution is 6.08. The molecule has 0 saturated heterocycles. The predicted molar refractivity (Wildman–Crippen MR) is 96.7 cm³/mol. The summed E-state index contributed by atoms with van der Waals surface area (Å²) in [4.78, 5) is 14.6. The molecule has 2 rings (SSSR count). The van der Waals surface area contributed by atoms with Crippen molar-refractivity contribution in [3.05, 3.63) is 65.2 Å². The molecular weight excluding hydrogens is 302 g/mol. The molecule has 0 atom stereocenters. The fraction of sp³-hybridized carbons (Fsp3) is 0.250. The van der Waals surface area contributed by atoms with Gasteiger partial charge in [0.05, 0.1) is 19.8 Å². The highest BCUT2D eigenvalue weighted by Gasteiger charge is 2.11.